The number of Topliss-reactive ketones (excluding diaryl/α,β-unsaturated/α-hetero) is 1. The second kappa shape index (κ2) is 9.65. The van der Waals surface area contributed by atoms with Crippen LogP contribution in [0.3, 0.4) is 0 Å². The van der Waals surface area contributed by atoms with E-state index in [4.69, 9.17) is 9.05 Å². The summed E-state index contributed by atoms with van der Waals surface area (Å²) >= 11 is 0. The van der Waals surface area contributed by atoms with Crippen LogP contribution in [0.5, 0.6) is 0 Å². The highest BCUT2D eigenvalue weighted by molar-refractivity contribution is 7.67. The van der Waals surface area contributed by atoms with Gasteiger partial charge in [-0.25, -0.2) is 0 Å². The predicted molar refractivity (Wildman–Crippen MR) is 115 cm³/mol. The van der Waals surface area contributed by atoms with E-state index in [-0.39, 0.29) is 18.1 Å². The first kappa shape index (κ1) is 21.8. The van der Waals surface area contributed by atoms with E-state index in [0.717, 1.165) is 5.56 Å². The molecule has 0 saturated carbocycles. The van der Waals surface area contributed by atoms with E-state index in [0.29, 0.717) is 5.56 Å². The SMILES string of the molecule is C=P(OC)(OC)[C@](C/C=C/c1ccccc1)(NC(C)=O)C(=O)c1ccccc1. The van der Waals surface area contributed by atoms with Crippen LogP contribution in [0.1, 0.15) is 29.3 Å². The Labute approximate surface area is 166 Å². The van der Waals surface area contributed by atoms with Gasteiger partial charge < -0.3 is 14.4 Å². The quantitative estimate of drug-likeness (QED) is 0.502. The number of hydrogen-bond acceptors (Lipinski definition) is 4. The summed E-state index contributed by atoms with van der Waals surface area (Å²) in [5, 5.41) is 1.37. The second-order valence-corrected chi connectivity index (χ2v) is 9.13. The van der Waals surface area contributed by atoms with Gasteiger partial charge in [0, 0.05) is 33.1 Å². The summed E-state index contributed by atoms with van der Waals surface area (Å²) in [5.41, 5.74) is 1.43. The van der Waals surface area contributed by atoms with Crippen LogP contribution in [0.25, 0.3) is 6.08 Å². The van der Waals surface area contributed by atoms with Crippen LogP contribution in [-0.4, -0.2) is 37.5 Å². The minimum atomic E-state index is -3.05. The topological polar surface area (TPSA) is 64.6 Å². The zero-order valence-electron chi connectivity index (χ0n) is 16.4. The molecule has 0 aromatic heterocycles. The van der Waals surface area contributed by atoms with Crippen molar-refractivity contribution in [1.82, 2.24) is 5.32 Å². The van der Waals surface area contributed by atoms with Crippen molar-refractivity contribution in [2.75, 3.05) is 14.2 Å². The zero-order valence-corrected chi connectivity index (χ0v) is 17.3. The van der Waals surface area contributed by atoms with E-state index in [1.165, 1.54) is 21.1 Å². The van der Waals surface area contributed by atoms with Crippen molar-refractivity contribution in [3.8, 4) is 0 Å². The molecule has 0 fully saturated rings. The standard InChI is InChI=1S/C22H26NO4P/c1-18(24)23-22(28(4,26-2)27-3,21(25)20-15-9-6-10-16-20)17-11-14-19-12-7-5-8-13-19/h5-16H,4,17H2,1-3H3,(H,23,24)/b14-11+/t22-/m0/s1. The lowest BCUT2D eigenvalue weighted by atomic mass is 10.00. The molecule has 2 aromatic rings. The summed E-state index contributed by atoms with van der Waals surface area (Å²) in [6.45, 7) is 1.36. The number of ketones is 1. The maximum absolute atomic E-state index is 13.6. The van der Waals surface area contributed by atoms with E-state index in [1.807, 2.05) is 48.6 Å². The van der Waals surface area contributed by atoms with Crippen LogP contribution in [-0.2, 0) is 13.8 Å². The molecule has 1 amide bonds. The van der Waals surface area contributed by atoms with Gasteiger partial charge in [-0.3, -0.25) is 9.59 Å². The summed E-state index contributed by atoms with van der Waals surface area (Å²) in [7, 11) is -0.163. The molecule has 2 aromatic carbocycles. The Morgan fingerprint density at radius 1 is 1.04 bits per heavy atom. The number of nitrogens with one attached hydrogen (secondary N) is 1. The third kappa shape index (κ3) is 4.68. The Kier molecular flexibility index (Phi) is 7.53. The summed E-state index contributed by atoms with van der Waals surface area (Å²) < 4.78 is 11.2. The summed E-state index contributed by atoms with van der Waals surface area (Å²) in [6, 6.07) is 18.5. The van der Waals surface area contributed by atoms with Gasteiger partial charge in [0.25, 0.3) is 0 Å². The molecule has 0 saturated heterocycles. The van der Waals surface area contributed by atoms with Gasteiger partial charge in [0.2, 0.25) is 5.91 Å². The van der Waals surface area contributed by atoms with Crippen molar-refractivity contribution >= 4 is 31.4 Å². The van der Waals surface area contributed by atoms with Crippen molar-refractivity contribution < 1.29 is 18.6 Å². The fraction of sp³-hybridized carbons (Fsp3) is 0.227. The summed E-state index contributed by atoms with van der Waals surface area (Å²) in [5.74, 6) is -0.660. The first-order valence-electron chi connectivity index (χ1n) is 8.83. The Balaban J connectivity index is 2.56. The second-order valence-electron chi connectivity index (χ2n) is 6.29. The van der Waals surface area contributed by atoms with Gasteiger partial charge in [0.05, 0.1) is 0 Å². The third-order valence-corrected chi connectivity index (χ3v) is 7.33. The van der Waals surface area contributed by atoms with Gasteiger partial charge in [-0.1, -0.05) is 72.8 Å². The molecule has 5 nitrogen and oxygen atoms in total. The van der Waals surface area contributed by atoms with Crippen LogP contribution < -0.4 is 5.32 Å². The molecule has 0 aliphatic carbocycles. The molecule has 0 heterocycles. The molecule has 0 bridgehead atoms. The fourth-order valence-electron chi connectivity index (χ4n) is 3.01. The van der Waals surface area contributed by atoms with Crippen LogP contribution >= 0.6 is 7.34 Å². The molecule has 0 unspecified atom stereocenters. The number of carbonyl (C=O) groups excluding carboxylic acids is 2. The largest absolute Gasteiger partial charge is 0.339 e. The van der Waals surface area contributed by atoms with Gasteiger partial charge in [-0.2, -0.15) is 0 Å². The van der Waals surface area contributed by atoms with Crippen LogP contribution in [0.2, 0.25) is 0 Å². The first-order valence-corrected chi connectivity index (χ1v) is 10.6. The molecule has 6 heteroatoms. The molecule has 1 N–H and O–H groups in total. The summed E-state index contributed by atoms with van der Waals surface area (Å²) in [4.78, 5) is 25.7. The highest BCUT2D eigenvalue weighted by atomic mass is 31.2. The molecule has 0 radical (unpaired) electrons. The average molecular weight is 399 g/mol. The molecule has 0 aliphatic heterocycles. The van der Waals surface area contributed by atoms with E-state index in [1.54, 1.807) is 24.3 Å². The van der Waals surface area contributed by atoms with E-state index < -0.39 is 12.6 Å². The molecule has 2 rings (SSSR count). The van der Waals surface area contributed by atoms with Crippen molar-refractivity contribution in [3.63, 3.8) is 0 Å². The normalized spacial score (nSPS) is 13.8. The van der Waals surface area contributed by atoms with Crippen molar-refractivity contribution in [2.45, 2.75) is 18.6 Å². The molecule has 0 spiro atoms. The third-order valence-electron chi connectivity index (χ3n) is 4.49. The average Bonchev–Trinajstić information content (AvgIpc) is 2.73. The number of amides is 1. The fourth-order valence-corrected chi connectivity index (χ4v) is 4.94. The number of hydrogen-bond donors (Lipinski definition) is 1. The van der Waals surface area contributed by atoms with Crippen LogP contribution in [0.4, 0.5) is 0 Å². The Morgan fingerprint density at radius 2 is 1.57 bits per heavy atom. The van der Waals surface area contributed by atoms with Gasteiger partial charge in [0.15, 0.2) is 11.1 Å². The van der Waals surface area contributed by atoms with Crippen molar-refractivity contribution in [3.05, 3.63) is 77.9 Å². The maximum atomic E-state index is 13.6. The molecule has 0 aliphatic rings. The van der Waals surface area contributed by atoms with Crippen LogP contribution in [0.15, 0.2) is 66.7 Å². The van der Waals surface area contributed by atoms with E-state index >= 15 is 0 Å². The monoisotopic (exact) mass is 399 g/mol. The predicted octanol–water partition coefficient (Wildman–Crippen LogP) is 4.38. The number of rotatable bonds is 9. The molecular weight excluding hydrogens is 373 g/mol. The maximum Gasteiger partial charge on any atom is 0.218 e. The van der Waals surface area contributed by atoms with Gasteiger partial charge >= 0.3 is 0 Å². The highest BCUT2D eigenvalue weighted by Gasteiger charge is 2.50. The molecule has 28 heavy (non-hydrogen) atoms. The minimum absolute atomic E-state index is 0.175. The van der Waals surface area contributed by atoms with Gasteiger partial charge in [-0.15, -0.1) is 0 Å². The lowest BCUT2D eigenvalue weighted by molar-refractivity contribution is -0.119. The molecule has 148 valence electrons. The molecular formula is C22H26NO4P. The van der Waals surface area contributed by atoms with Crippen LogP contribution in [0, 0.1) is 0 Å². The first-order chi connectivity index (χ1) is 13.4. The highest BCUT2D eigenvalue weighted by Crippen LogP contribution is 2.60. The number of carbonyl (C=O) groups is 2. The van der Waals surface area contributed by atoms with E-state index in [9.17, 15) is 9.59 Å². The van der Waals surface area contributed by atoms with Crippen molar-refractivity contribution in [1.29, 1.82) is 0 Å². The number of benzene rings is 2. The lowest BCUT2D eigenvalue weighted by Crippen LogP contribution is -2.54. The van der Waals surface area contributed by atoms with E-state index in [2.05, 4.69) is 11.6 Å². The lowest BCUT2D eigenvalue weighted by Gasteiger charge is -2.41. The summed E-state index contributed by atoms with van der Waals surface area (Å²) in [6.07, 6.45) is 8.01. The van der Waals surface area contributed by atoms with Crippen molar-refractivity contribution in [2.24, 2.45) is 0 Å². The minimum Gasteiger partial charge on any atom is -0.339 e. The van der Waals surface area contributed by atoms with Gasteiger partial charge in [0.1, 0.15) is 7.34 Å². The smallest absolute Gasteiger partial charge is 0.218 e. The van der Waals surface area contributed by atoms with Gasteiger partial charge in [-0.05, 0) is 11.9 Å². The Bertz CT molecular complexity index is 872. The Hall–Kier alpha value is -2.46. The molecule has 1 atom stereocenters. The Morgan fingerprint density at radius 3 is 2.07 bits per heavy atom. The zero-order chi connectivity index (χ0) is 20.6.